The van der Waals surface area contributed by atoms with Crippen molar-refractivity contribution in [2.24, 2.45) is 5.92 Å². The summed E-state index contributed by atoms with van der Waals surface area (Å²) in [5.41, 5.74) is 0.979. The third-order valence-electron chi connectivity index (χ3n) is 3.71. The second kappa shape index (κ2) is 5.41. The van der Waals surface area contributed by atoms with Crippen molar-refractivity contribution in [1.29, 1.82) is 0 Å². The molecule has 3 rings (SSSR count). The van der Waals surface area contributed by atoms with Crippen molar-refractivity contribution in [1.82, 2.24) is 14.9 Å². The van der Waals surface area contributed by atoms with E-state index in [2.05, 4.69) is 19.8 Å². The number of nitrogens with zero attached hydrogens (tertiary/aromatic N) is 4. The zero-order chi connectivity index (χ0) is 12.4. The molecule has 0 N–H and O–H groups in total. The maximum absolute atomic E-state index is 5.74. The lowest BCUT2D eigenvalue weighted by Gasteiger charge is -2.34. The van der Waals surface area contributed by atoms with Gasteiger partial charge in [-0.15, -0.1) is 11.6 Å². The summed E-state index contributed by atoms with van der Waals surface area (Å²) in [7, 11) is 0. The Kier molecular flexibility index (Phi) is 3.66. The Hall–Kier alpha value is -0.870. The zero-order valence-corrected chi connectivity index (χ0v) is 11.3. The fourth-order valence-corrected chi connectivity index (χ4v) is 2.51. The van der Waals surface area contributed by atoms with Crippen molar-refractivity contribution < 1.29 is 0 Å². The first-order valence-electron chi connectivity index (χ1n) is 6.69. The van der Waals surface area contributed by atoms with E-state index in [1.54, 1.807) is 0 Å². The normalized spacial score (nSPS) is 21.3. The van der Waals surface area contributed by atoms with Gasteiger partial charge in [-0.2, -0.15) is 0 Å². The molecule has 2 fully saturated rings. The summed E-state index contributed by atoms with van der Waals surface area (Å²) in [6.45, 7) is 5.63. The number of hydrogen-bond donors (Lipinski definition) is 0. The van der Waals surface area contributed by atoms with Crippen molar-refractivity contribution in [3.05, 3.63) is 18.0 Å². The summed E-state index contributed by atoms with van der Waals surface area (Å²) in [6.07, 6.45) is 6.52. The van der Waals surface area contributed by atoms with E-state index in [4.69, 9.17) is 11.6 Å². The number of hydrogen-bond acceptors (Lipinski definition) is 4. The maximum atomic E-state index is 5.74. The van der Waals surface area contributed by atoms with Gasteiger partial charge in [-0.3, -0.25) is 4.90 Å². The van der Waals surface area contributed by atoms with Gasteiger partial charge in [0.25, 0.3) is 0 Å². The Bertz CT molecular complexity index is 382. The highest BCUT2D eigenvalue weighted by molar-refractivity contribution is 6.17. The topological polar surface area (TPSA) is 32.3 Å². The lowest BCUT2D eigenvalue weighted by Crippen LogP contribution is -2.47. The van der Waals surface area contributed by atoms with Gasteiger partial charge in [0.1, 0.15) is 0 Å². The quantitative estimate of drug-likeness (QED) is 0.778. The number of halogens is 1. The van der Waals surface area contributed by atoms with Crippen LogP contribution in [0.25, 0.3) is 0 Å². The molecule has 0 radical (unpaired) electrons. The van der Waals surface area contributed by atoms with Gasteiger partial charge in [0, 0.05) is 50.7 Å². The number of aromatic nitrogens is 2. The summed E-state index contributed by atoms with van der Waals surface area (Å²) in [6, 6.07) is 0. The molecular formula is C13H19ClN4. The molecule has 2 heterocycles. The molecule has 18 heavy (non-hydrogen) atoms. The van der Waals surface area contributed by atoms with Crippen molar-refractivity contribution in [3.63, 3.8) is 0 Å². The van der Waals surface area contributed by atoms with Crippen LogP contribution in [0.4, 0.5) is 5.95 Å². The van der Waals surface area contributed by atoms with Gasteiger partial charge in [0.15, 0.2) is 0 Å². The molecule has 0 spiro atoms. The van der Waals surface area contributed by atoms with E-state index < -0.39 is 0 Å². The second-order valence-electron chi connectivity index (χ2n) is 5.26. The van der Waals surface area contributed by atoms with Crippen molar-refractivity contribution >= 4 is 17.5 Å². The summed E-state index contributed by atoms with van der Waals surface area (Å²) in [4.78, 5) is 13.6. The Morgan fingerprint density at radius 3 is 2.33 bits per heavy atom. The van der Waals surface area contributed by atoms with Gasteiger partial charge in [-0.1, -0.05) is 0 Å². The molecule has 2 aliphatic rings. The summed E-state index contributed by atoms with van der Waals surface area (Å²) in [5, 5.41) is 0. The van der Waals surface area contributed by atoms with E-state index in [0.717, 1.165) is 43.6 Å². The molecule has 0 bridgehead atoms. The first-order valence-corrected chi connectivity index (χ1v) is 7.23. The molecule has 1 aromatic rings. The molecule has 1 saturated heterocycles. The highest BCUT2D eigenvalue weighted by atomic mass is 35.5. The van der Waals surface area contributed by atoms with Crippen LogP contribution < -0.4 is 4.90 Å². The Balaban J connectivity index is 1.54. The second-order valence-corrected chi connectivity index (χ2v) is 5.52. The fraction of sp³-hybridized carbons (Fsp3) is 0.692. The number of piperazine rings is 1. The van der Waals surface area contributed by atoms with Gasteiger partial charge in [-0.25, -0.2) is 9.97 Å². The van der Waals surface area contributed by atoms with Crippen LogP contribution in [-0.2, 0) is 5.88 Å². The van der Waals surface area contributed by atoms with Gasteiger partial charge < -0.3 is 4.90 Å². The van der Waals surface area contributed by atoms with Crippen LogP contribution in [-0.4, -0.2) is 47.6 Å². The number of anilines is 1. The first kappa shape index (κ1) is 12.2. The lowest BCUT2D eigenvalue weighted by molar-refractivity contribution is 0.247. The minimum absolute atomic E-state index is 0.482. The molecular weight excluding hydrogens is 248 g/mol. The average Bonchev–Trinajstić information content (AvgIpc) is 3.24. The molecule has 0 atom stereocenters. The Morgan fingerprint density at radius 1 is 1.11 bits per heavy atom. The van der Waals surface area contributed by atoms with Gasteiger partial charge >= 0.3 is 0 Å². The number of rotatable bonds is 4. The van der Waals surface area contributed by atoms with Gasteiger partial charge in [0.05, 0.1) is 5.88 Å². The maximum Gasteiger partial charge on any atom is 0.225 e. The monoisotopic (exact) mass is 266 g/mol. The molecule has 1 aromatic heterocycles. The largest absolute Gasteiger partial charge is 0.338 e. The Labute approximate surface area is 113 Å². The summed E-state index contributed by atoms with van der Waals surface area (Å²) >= 11 is 5.74. The van der Waals surface area contributed by atoms with E-state index in [1.807, 2.05) is 12.4 Å². The predicted octanol–water partition coefficient (Wildman–Crippen LogP) is 1.75. The van der Waals surface area contributed by atoms with Crippen LogP contribution in [0.2, 0.25) is 0 Å². The molecule has 4 nitrogen and oxygen atoms in total. The van der Waals surface area contributed by atoms with Crippen LogP contribution in [0.3, 0.4) is 0 Å². The molecule has 0 unspecified atom stereocenters. The van der Waals surface area contributed by atoms with E-state index >= 15 is 0 Å². The highest BCUT2D eigenvalue weighted by Crippen LogP contribution is 2.30. The summed E-state index contributed by atoms with van der Waals surface area (Å²) in [5.74, 6) is 2.31. The van der Waals surface area contributed by atoms with Crippen LogP contribution in [0.15, 0.2) is 12.4 Å². The van der Waals surface area contributed by atoms with Crippen LogP contribution in [0.5, 0.6) is 0 Å². The van der Waals surface area contributed by atoms with Crippen LogP contribution in [0.1, 0.15) is 18.4 Å². The highest BCUT2D eigenvalue weighted by Gasteiger charge is 2.26. The van der Waals surface area contributed by atoms with Crippen molar-refractivity contribution in [3.8, 4) is 0 Å². The molecule has 1 saturated carbocycles. The predicted molar refractivity (Wildman–Crippen MR) is 73.0 cm³/mol. The Morgan fingerprint density at radius 2 is 1.78 bits per heavy atom. The third-order valence-corrected chi connectivity index (χ3v) is 4.02. The van der Waals surface area contributed by atoms with Crippen LogP contribution in [0, 0.1) is 5.92 Å². The molecule has 0 amide bonds. The van der Waals surface area contributed by atoms with E-state index in [9.17, 15) is 0 Å². The minimum atomic E-state index is 0.482. The molecule has 1 aliphatic heterocycles. The van der Waals surface area contributed by atoms with E-state index in [-0.39, 0.29) is 0 Å². The van der Waals surface area contributed by atoms with Gasteiger partial charge in [0.2, 0.25) is 5.95 Å². The minimum Gasteiger partial charge on any atom is -0.338 e. The van der Waals surface area contributed by atoms with Crippen molar-refractivity contribution in [2.75, 3.05) is 37.6 Å². The van der Waals surface area contributed by atoms with E-state index in [1.165, 1.54) is 19.4 Å². The molecule has 5 heteroatoms. The lowest BCUT2D eigenvalue weighted by atomic mass is 10.3. The SMILES string of the molecule is ClCc1cnc(N2CCN(CC3CC3)CC2)nc1. The molecule has 1 aliphatic carbocycles. The van der Waals surface area contributed by atoms with Crippen LogP contribution >= 0.6 is 11.6 Å². The van der Waals surface area contributed by atoms with Crippen molar-refractivity contribution in [2.45, 2.75) is 18.7 Å². The first-order chi connectivity index (χ1) is 8.85. The standard InChI is InChI=1S/C13H19ClN4/c14-7-12-8-15-13(16-9-12)18-5-3-17(4-6-18)10-11-1-2-11/h8-9,11H,1-7,10H2. The molecule has 0 aromatic carbocycles. The summed E-state index contributed by atoms with van der Waals surface area (Å²) < 4.78 is 0. The van der Waals surface area contributed by atoms with E-state index in [0.29, 0.717) is 5.88 Å². The van der Waals surface area contributed by atoms with Gasteiger partial charge in [-0.05, 0) is 18.8 Å². The smallest absolute Gasteiger partial charge is 0.225 e. The average molecular weight is 267 g/mol. The number of alkyl halides is 1. The molecule has 98 valence electrons. The fourth-order valence-electron chi connectivity index (χ4n) is 2.38. The third kappa shape index (κ3) is 2.93. The zero-order valence-electron chi connectivity index (χ0n) is 10.6.